The van der Waals surface area contributed by atoms with E-state index in [9.17, 15) is 9.18 Å². The highest BCUT2D eigenvalue weighted by atomic mass is 19.1. The van der Waals surface area contributed by atoms with E-state index in [-0.39, 0.29) is 17.8 Å². The summed E-state index contributed by atoms with van der Waals surface area (Å²) in [5, 5.41) is 0. The van der Waals surface area contributed by atoms with Gasteiger partial charge < -0.3 is 9.88 Å². The van der Waals surface area contributed by atoms with Crippen molar-refractivity contribution in [1.29, 1.82) is 0 Å². The number of imidazole rings is 1. The van der Waals surface area contributed by atoms with Crippen molar-refractivity contribution in [3.05, 3.63) is 53.4 Å². The zero-order valence-corrected chi connectivity index (χ0v) is 12.7. The van der Waals surface area contributed by atoms with Crippen LogP contribution in [0.25, 0.3) is 0 Å². The molecule has 0 aliphatic carbocycles. The van der Waals surface area contributed by atoms with Gasteiger partial charge in [0.2, 0.25) is 5.91 Å². The summed E-state index contributed by atoms with van der Waals surface area (Å²) >= 11 is 0. The monoisotopic (exact) mass is 301 g/mol. The van der Waals surface area contributed by atoms with E-state index in [0.717, 1.165) is 36.5 Å². The molecule has 1 fully saturated rings. The number of hydrogen-bond acceptors (Lipinski definition) is 2. The first kappa shape index (κ1) is 14.8. The number of rotatable bonds is 4. The molecule has 4 nitrogen and oxygen atoms in total. The van der Waals surface area contributed by atoms with Crippen molar-refractivity contribution in [2.75, 3.05) is 6.54 Å². The molecule has 1 saturated heterocycles. The van der Waals surface area contributed by atoms with Crippen molar-refractivity contribution in [3.63, 3.8) is 0 Å². The highest BCUT2D eigenvalue weighted by molar-refractivity contribution is 5.77. The summed E-state index contributed by atoms with van der Waals surface area (Å²) in [7, 11) is 0. The molecule has 116 valence electrons. The van der Waals surface area contributed by atoms with Crippen LogP contribution in [0.1, 0.15) is 42.4 Å². The normalized spacial score (nSPS) is 17.9. The zero-order chi connectivity index (χ0) is 15.5. The molecule has 1 aliphatic rings. The zero-order valence-electron chi connectivity index (χ0n) is 12.7. The van der Waals surface area contributed by atoms with Crippen molar-refractivity contribution >= 4 is 5.91 Å². The van der Waals surface area contributed by atoms with Crippen LogP contribution in [0, 0.1) is 12.7 Å². The van der Waals surface area contributed by atoms with Crippen molar-refractivity contribution in [3.8, 4) is 0 Å². The lowest BCUT2D eigenvalue weighted by molar-refractivity contribution is -0.132. The summed E-state index contributed by atoms with van der Waals surface area (Å²) < 4.78 is 12.9. The fourth-order valence-electron chi connectivity index (χ4n) is 3.00. The first-order chi connectivity index (χ1) is 10.6. The van der Waals surface area contributed by atoms with Gasteiger partial charge in [-0.05, 0) is 43.9 Å². The van der Waals surface area contributed by atoms with E-state index in [0.29, 0.717) is 12.8 Å². The molecule has 1 atom stereocenters. The molecule has 1 aliphatic heterocycles. The summed E-state index contributed by atoms with van der Waals surface area (Å²) in [6.07, 6.45) is 4.85. The second kappa shape index (κ2) is 6.30. The Morgan fingerprint density at radius 3 is 2.86 bits per heavy atom. The number of carbonyl (C=O) groups is 1. The Morgan fingerprint density at radius 1 is 1.41 bits per heavy atom. The number of aryl methyl sites for hydroxylation is 2. The molecule has 1 aromatic heterocycles. The molecule has 0 unspecified atom stereocenters. The highest BCUT2D eigenvalue weighted by Gasteiger charge is 2.31. The minimum absolute atomic E-state index is 0.0643. The summed E-state index contributed by atoms with van der Waals surface area (Å²) in [6, 6.07) is 6.41. The van der Waals surface area contributed by atoms with Crippen LogP contribution in [0.3, 0.4) is 0 Å². The second-order valence-corrected chi connectivity index (χ2v) is 5.82. The number of benzene rings is 1. The van der Waals surface area contributed by atoms with Gasteiger partial charge in [-0.1, -0.05) is 12.1 Å². The molecule has 0 spiro atoms. The molecule has 22 heavy (non-hydrogen) atoms. The Labute approximate surface area is 129 Å². The lowest BCUT2D eigenvalue weighted by atomic mass is 10.1. The number of H-pyrrole nitrogens is 1. The van der Waals surface area contributed by atoms with Crippen molar-refractivity contribution in [1.82, 2.24) is 14.9 Å². The number of nitrogens with one attached hydrogen (secondary N) is 1. The quantitative estimate of drug-likeness (QED) is 0.943. The lowest BCUT2D eigenvalue weighted by Crippen LogP contribution is -2.31. The Morgan fingerprint density at radius 2 is 2.18 bits per heavy atom. The average molecular weight is 301 g/mol. The third-order valence-corrected chi connectivity index (χ3v) is 4.15. The number of carbonyl (C=O) groups excluding carboxylic acids is 1. The molecular weight excluding hydrogens is 281 g/mol. The van der Waals surface area contributed by atoms with Crippen LogP contribution in [-0.2, 0) is 11.2 Å². The van der Waals surface area contributed by atoms with E-state index in [1.54, 1.807) is 18.3 Å². The fraction of sp³-hybridized carbons (Fsp3) is 0.412. The number of likely N-dealkylation sites (tertiary alicyclic amines) is 1. The van der Waals surface area contributed by atoms with E-state index in [1.165, 1.54) is 12.1 Å². The maximum absolute atomic E-state index is 12.9. The molecule has 1 amide bonds. The van der Waals surface area contributed by atoms with Gasteiger partial charge in [0, 0.05) is 24.9 Å². The van der Waals surface area contributed by atoms with E-state index in [1.807, 2.05) is 11.8 Å². The average Bonchev–Trinajstić information content (AvgIpc) is 3.14. The first-order valence-corrected chi connectivity index (χ1v) is 7.69. The van der Waals surface area contributed by atoms with Crippen LogP contribution < -0.4 is 0 Å². The number of hydrogen-bond donors (Lipinski definition) is 1. The van der Waals surface area contributed by atoms with Crippen molar-refractivity contribution < 1.29 is 9.18 Å². The largest absolute Gasteiger partial charge is 0.344 e. The molecule has 0 bridgehead atoms. The standard InChI is InChI=1S/C17H20FN3O/c1-12-11-19-17(20-12)15-3-2-10-21(15)16(22)9-6-13-4-7-14(18)8-5-13/h4-5,7-8,11,15H,2-3,6,9-10H2,1H3,(H,19,20)/t15-/m1/s1. The molecule has 0 saturated carbocycles. The maximum atomic E-state index is 12.9. The van der Waals surface area contributed by atoms with Crippen LogP contribution in [0.5, 0.6) is 0 Å². The van der Waals surface area contributed by atoms with Gasteiger partial charge in [-0.25, -0.2) is 9.37 Å². The SMILES string of the molecule is Cc1cnc([C@H]2CCCN2C(=O)CCc2ccc(F)cc2)[nH]1. The minimum Gasteiger partial charge on any atom is -0.344 e. The second-order valence-electron chi connectivity index (χ2n) is 5.82. The molecular formula is C17H20FN3O. The van der Waals surface area contributed by atoms with Gasteiger partial charge in [-0.3, -0.25) is 4.79 Å². The molecule has 5 heteroatoms. The molecule has 2 heterocycles. The van der Waals surface area contributed by atoms with E-state index in [4.69, 9.17) is 0 Å². The van der Waals surface area contributed by atoms with Gasteiger partial charge in [0.1, 0.15) is 11.6 Å². The number of nitrogens with zero attached hydrogens (tertiary/aromatic N) is 2. The van der Waals surface area contributed by atoms with Gasteiger partial charge in [0.05, 0.1) is 6.04 Å². The Balaban J connectivity index is 1.62. The van der Waals surface area contributed by atoms with Gasteiger partial charge in [-0.2, -0.15) is 0 Å². The molecule has 1 N–H and O–H groups in total. The van der Waals surface area contributed by atoms with E-state index >= 15 is 0 Å². The summed E-state index contributed by atoms with van der Waals surface area (Å²) in [5.41, 5.74) is 2.00. The molecule has 2 aromatic rings. The summed E-state index contributed by atoms with van der Waals surface area (Å²) in [5.74, 6) is 0.772. The lowest BCUT2D eigenvalue weighted by Gasteiger charge is -2.23. The van der Waals surface area contributed by atoms with Gasteiger partial charge in [-0.15, -0.1) is 0 Å². The first-order valence-electron chi connectivity index (χ1n) is 7.69. The molecule has 0 radical (unpaired) electrons. The topological polar surface area (TPSA) is 49.0 Å². The number of amides is 1. The molecule has 3 rings (SSSR count). The number of halogens is 1. The summed E-state index contributed by atoms with van der Waals surface area (Å²) in [6.45, 7) is 2.75. The van der Waals surface area contributed by atoms with Crippen LogP contribution >= 0.6 is 0 Å². The van der Waals surface area contributed by atoms with Gasteiger partial charge >= 0.3 is 0 Å². The van der Waals surface area contributed by atoms with E-state index < -0.39 is 0 Å². The third kappa shape index (κ3) is 3.18. The predicted molar refractivity (Wildman–Crippen MR) is 81.7 cm³/mol. The van der Waals surface area contributed by atoms with Gasteiger partial charge in [0.25, 0.3) is 0 Å². The predicted octanol–water partition coefficient (Wildman–Crippen LogP) is 3.15. The van der Waals surface area contributed by atoms with E-state index in [2.05, 4.69) is 9.97 Å². The number of aromatic amines is 1. The molecule has 1 aromatic carbocycles. The van der Waals surface area contributed by atoms with Crippen LogP contribution in [0.2, 0.25) is 0 Å². The number of aromatic nitrogens is 2. The fourth-order valence-corrected chi connectivity index (χ4v) is 3.00. The Hall–Kier alpha value is -2.17. The van der Waals surface area contributed by atoms with Crippen molar-refractivity contribution in [2.24, 2.45) is 0 Å². The maximum Gasteiger partial charge on any atom is 0.223 e. The van der Waals surface area contributed by atoms with Crippen LogP contribution in [-0.4, -0.2) is 27.3 Å². The highest BCUT2D eigenvalue weighted by Crippen LogP contribution is 2.30. The Bertz CT molecular complexity index is 650. The van der Waals surface area contributed by atoms with Gasteiger partial charge in [0.15, 0.2) is 0 Å². The third-order valence-electron chi connectivity index (χ3n) is 4.15. The minimum atomic E-state index is -0.247. The Kier molecular flexibility index (Phi) is 4.22. The van der Waals surface area contributed by atoms with Crippen molar-refractivity contribution in [2.45, 2.75) is 38.6 Å². The van der Waals surface area contributed by atoms with Crippen LogP contribution in [0.15, 0.2) is 30.5 Å². The smallest absolute Gasteiger partial charge is 0.223 e. The van der Waals surface area contributed by atoms with Crippen LogP contribution in [0.4, 0.5) is 4.39 Å². The summed E-state index contributed by atoms with van der Waals surface area (Å²) in [4.78, 5) is 22.0.